The molecule has 2 rings (SSSR count). The fourth-order valence-electron chi connectivity index (χ4n) is 2.12. The number of imidazole rings is 1. The van der Waals surface area contributed by atoms with Gasteiger partial charge in [0.15, 0.2) is 0 Å². The van der Waals surface area contributed by atoms with Crippen LogP contribution >= 0.6 is 15.9 Å². The molecular weight excluding hydrogens is 318 g/mol. The first-order valence-electron chi connectivity index (χ1n) is 6.96. The van der Waals surface area contributed by atoms with Gasteiger partial charge in [-0.2, -0.15) is 5.10 Å². The fraction of sp³-hybridized carbons (Fsp3) is 0.571. The van der Waals surface area contributed by atoms with Crippen molar-refractivity contribution in [3.8, 4) is 0 Å². The minimum atomic E-state index is 0.339. The first-order valence-corrected chi connectivity index (χ1v) is 7.75. The maximum atomic E-state index is 4.42. The summed E-state index contributed by atoms with van der Waals surface area (Å²) in [4.78, 5) is 4.42. The van der Waals surface area contributed by atoms with Crippen molar-refractivity contribution >= 4 is 15.9 Å². The molecule has 0 amide bonds. The molecule has 0 unspecified atom stereocenters. The van der Waals surface area contributed by atoms with E-state index in [1.807, 2.05) is 29.5 Å². The third-order valence-electron chi connectivity index (χ3n) is 3.03. The fourth-order valence-corrected chi connectivity index (χ4v) is 2.44. The van der Waals surface area contributed by atoms with Crippen LogP contribution in [0.3, 0.4) is 0 Å². The summed E-state index contributed by atoms with van der Waals surface area (Å²) < 4.78 is 5.16. The Morgan fingerprint density at radius 3 is 2.75 bits per heavy atom. The van der Waals surface area contributed by atoms with Crippen molar-refractivity contribution in [3.63, 3.8) is 0 Å². The van der Waals surface area contributed by atoms with E-state index in [0.717, 1.165) is 29.9 Å². The number of nitrogens with one attached hydrogen (secondary N) is 1. The second kappa shape index (κ2) is 7.04. The van der Waals surface area contributed by atoms with Crippen LogP contribution in [0.15, 0.2) is 29.3 Å². The van der Waals surface area contributed by atoms with Crippen molar-refractivity contribution in [2.75, 3.05) is 0 Å². The highest BCUT2D eigenvalue weighted by atomic mass is 79.9. The molecule has 2 heterocycles. The highest BCUT2D eigenvalue weighted by Gasteiger charge is 2.08. The minimum Gasteiger partial charge on any atom is -0.334 e. The van der Waals surface area contributed by atoms with Crippen LogP contribution in [0, 0.1) is 5.92 Å². The van der Waals surface area contributed by atoms with Gasteiger partial charge >= 0.3 is 0 Å². The number of halogens is 1. The third-order valence-corrected chi connectivity index (χ3v) is 3.44. The van der Waals surface area contributed by atoms with E-state index < -0.39 is 0 Å². The lowest BCUT2D eigenvalue weighted by Gasteiger charge is -2.15. The van der Waals surface area contributed by atoms with Gasteiger partial charge in [0.25, 0.3) is 0 Å². The molecular formula is C14H22BrN5. The van der Waals surface area contributed by atoms with Crippen LogP contribution in [0.4, 0.5) is 0 Å². The Bertz CT molecular complexity index is 531. The van der Waals surface area contributed by atoms with Gasteiger partial charge in [0, 0.05) is 31.2 Å². The van der Waals surface area contributed by atoms with Crippen LogP contribution in [-0.4, -0.2) is 25.4 Å². The molecule has 0 bridgehead atoms. The van der Waals surface area contributed by atoms with Gasteiger partial charge in [-0.05, 0) is 28.8 Å². The Hall–Kier alpha value is -1.14. The Kier molecular flexibility index (Phi) is 5.37. The molecule has 0 saturated heterocycles. The van der Waals surface area contributed by atoms with Crippen molar-refractivity contribution in [1.29, 1.82) is 0 Å². The minimum absolute atomic E-state index is 0.339. The van der Waals surface area contributed by atoms with E-state index in [9.17, 15) is 0 Å². The van der Waals surface area contributed by atoms with Gasteiger partial charge in [-0.15, -0.1) is 0 Å². The summed E-state index contributed by atoms with van der Waals surface area (Å²) in [6.45, 7) is 9.23. The summed E-state index contributed by atoms with van der Waals surface area (Å²) in [5.74, 6) is 1.72. The lowest BCUT2D eigenvalue weighted by Crippen LogP contribution is -2.31. The van der Waals surface area contributed by atoms with Crippen LogP contribution < -0.4 is 5.32 Å². The van der Waals surface area contributed by atoms with Gasteiger partial charge in [0.05, 0.1) is 23.8 Å². The molecule has 0 aliphatic carbocycles. The van der Waals surface area contributed by atoms with Crippen LogP contribution in [0.5, 0.6) is 0 Å². The molecule has 2 aromatic rings. The normalized spacial score (nSPS) is 13.1. The average Bonchev–Trinajstić information content (AvgIpc) is 2.96. The molecule has 0 fully saturated rings. The lowest BCUT2D eigenvalue weighted by molar-refractivity contribution is 0.432. The zero-order valence-corrected chi connectivity index (χ0v) is 13.8. The number of hydrogen-bond acceptors (Lipinski definition) is 3. The van der Waals surface area contributed by atoms with Gasteiger partial charge < -0.3 is 9.88 Å². The van der Waals surface area contributed by atoms with E-state index in [1.54, 1.807) is 0 Å². The Morgan fingerprint density at radius 2 is 2.10 bits per heavy atom. The standard InChI is InChI=1S/C14H22BrN5/c1-11(2)8-19-5-4-16-14(19)7-17-12(3)9-20-10-13(15)6-18-20/h4-6,10-12,17H,7-9H2,1-3H3/t12-/m0/s1. The van der Waals surface area contributed by atoms with Gasteiger partial charge in [-0.1, -0.05) is 13.8 Å². The van der Waals surface area contributed by atoms with Crippen LogP contribution in [0.2, 0.25) is 0 Å². The molecule has 1 atom stereocenters. The SMILES string of the molecule is CC(C)Cn1ccnc1CN[C@@H](C)Cn1cc(Br)cn1. The predicted molar refractivity (Wildman–Crippen MR) is 83.3 cm³/mol. The van der Waals surface area contributed by atoms with E-state index in [-0.39, 0.29) is 0 Å². The summed E-state index contributed by atoms with van der Waals surface area (Å²) in [6.07, 6.45) is 7.71. The summed E-state index contributed by atoms with van der Waals surface area (Å²) in [5, 5.41) is 7.76. The third kappa shape index (κ3) is 4.45. The number of aromatic nitrogens is 4. The monoisotopic (exact) mass is 339 g/mol. The van der Waals surface area contributed by atoms with Crippen molar-refractivity contribution < 1.29 is 0 Å². The highest BCUT2D eigenvalue weighted by Crippen LogP contribution is 2.07. The van der Waals surface area contributed by atoms with Gasteiger partial charge in [0.2, 0.25) is 0 Å². The van der Waals surface area contributed by atoms with Gasteiger partial charge in [0.1, 0.15) is 5.82 Å². The lowest BCUT2D eigenvalue weighted by atomic mass is 10.2. The molecule has 5 nitrogen and oxygen atoms in total. The number of hydrogen-bond donors (Lipinski definition) is 1. The molecule has 6 heteroatoms. The molecule has 0 aliphatic rings. The molecule has 0 radical (unpaired) electrons. The summed E-state index contributed by atoms with van der Waals surface area (Å²) >= 11 is 3.41. The van der Waals surface area contributed by atoms with E-state index in [2.05, 4.69) is 56.7 Å². The van der Waals surface area contributed by atoms with Crippen LogP contribution in [-0.2, 0) is 19.6 Å². The largest absolute Gasteiger partial charge is 0.334 e. The topological polar surface area (TPSA) is 47.7 Å². The van der Waals surface area contributed by atoms with Crippen molar-refractivity contribution in [2.45, 2.75) is 46.4 Å². The molecule has 0 saturated carbocycles. The first-order chi connectivity index (χ1) is 9.54. The van der Waals surface area contributed by atoms with Crippen LogP contribution in [0.1, 0.15) is 26.6 Å². The first kappa shape index (κ1) is 15.3. The van der Waals surface area contributed by atoms with E-state index in [1.165, 1.54) is 0 Å². The molecule has 110 valence electrons. The second-order valence-corrected chi connectivity index (χ2v) is 6.47. The Labute approximate surface area is 128 Å². The van der Waals surface area contributed by atoms with E-state index in [4.69, 9.17) is 0 Å². The van der Waals surface area contributed by atoms with Crippen molar-refractivity contribution in [1.82, 2.24) is 24.6 Å². The zero-order chi connectivity index (χ0) is 14.5. The molecule has 2 aromatic heterocycles. The zero-order valence-electron chi connectivity index (χ0n) is 12.3. The second-order valence-electron chi connectivity index (χ2n) is 5.55. The van der Waals surface area contributed by atoms with Crippen molar-refractivity contribution in [3.05, 3.63) is 35.1 Å². The van der Waals surface area contributed by atoms with Crippen LogP contribution in [0.25, 0.3) is 0 Å². The number of nitrogens with zero attached hydrogens (tertiary/aromatic N) is 4. The van der Waals surface area contributed by atoms with E-state index in [0.29, 0.717) is 12.0 Å². The Morgan fingerprint density at radius 1 is 1.30 bits per heavy atom. The quantitative estimate of drug-likeness (QED) is 0.843. The highest BCUT2D eigenvalue weighted by molar-refractivity contribution is 9.10. The smallest absolute Gasteiger partial charge is 0.122 e. The van der Waals surface area contributed by atoms with Gasteiger partial charge in [-0.25, -0.2) is 4.98 Å². The predicted octanol–water partition coefficient (Wildman–Crippen LogP) is 2.68. The van der Waals surface area contributed by atoms with Crippen molar-refractivity contribution in [2.24, 2.45) is 5.92 Å². The molecule has 0 aromatic carbocycles. The maximum absolute atomic E-state index is 4.42. The van der Waals surface area contributed by atoms with E-state index >= 15 is 0 Å². The summed E-state index contributed by atoms with van der Waals surface area (Å²) in [7, 11) is 0. The Balaban J connectivity index is 1.84. The molecule has 0 aliphatic heterocycles. The molecule has 20 heavy (non-hydrogen) atoms. The summed E-state index contributed by atoms with van der Waals surface area (Å²) in [5.41, 5.74) is 0. The number of rotatable bonds is 7. The van der Waals surface area contributed by atoms with Gasteiger partial charge in [-0.3, -0.25) is 4.68 Å². The average molecular weight is 340 g/mol. The maximum Gasteiger partial charge on any atom is 0.122 e. The molecule has 1 N–H and O–H groups in total. The summed E-state index contributed by atoms with van der Waals surface area (Å²) in [6, 6.07) is 0.339. The molecule has 0 spiro atoms.